The maximum atomic E-state index is 11.0. The van der Waals surface area contributed by atoms with Crippen molar-refractivity contribution >= 4 is 5.97 Å². The molecule has 0 aliphatic carbocycles. The van der Waals surface area contributed by atoms with Gasteiger partial charge < -0.3 is 9.64 Å². The Balaban J connectivity index is 2.15. The van der Waals surface area contributed by atoms with E-state index in [1.165, 1.54) is 45.9 Å². The van der Waals surface area contributed by atoms with E-state index in [1.807, 2.05) is 0 Å². The van der Waals surface area contributed by atoms with Gasteiger partial charge in [0.1, 0.15) is 0 Å². The van der Waals surface area contributed by atoms with Gasteiger partial charge in [-0.15, -0.1) is 0 Å². The number of hydrogen-bond acceptors (Lipinski definition) is 3. The van der Waals surface area contributed by atoms with E-state index in [-0.39, 0.29) is 5.97 Å². The zero-order valence-electron chi connectivity index (χ0n) is 10.7. The first-order valence-electron chi connectivity index (χ1n) is 6.55. The standard InChI is InChI=1S/C13H25NO2/c1-3-12-6-4-9-14(11-8-12)10-5-7-13(15)16-2/h12H,3-11H2,1-2H3. The summed E-state index contributed by atoms with van der Waals surface area (Å²) < 4.78 is 4.64. The van der Waals surface area contributed by atoms with Crippen LogP contribution >= 0.6 is 0 Å². The number of likely N-dealkylation sites (tertiary alicyclic amines) is 1. The summed E-state index contributed by atoms with van der Waals surface area (Å²) >= 11 is 0. The van der Waals surface area contributed by atoms with Gasteiger partial charge in [0.2, 0.25) is 0 Å². The maximum absolute atomic E-state index is 11.0. The summed E-state index contributed by atoms with van der Waals surface area (Å²) in [5.41, 5.74) is 0. The lowest BCUT2D eigenvalue weighted by Gasteiger charge is -2.19. The summed E-state index contributed by atoms with van der Waals surface area (Å²) in [6, 6.07) is 0. The van der Waals surface area contributed by atoms with Crippen molar-refractivity contribution in [2.75, 3.05) is 26.7 Å². The second kappa shape index (κ2) is 7.66. The van der Waals surface area contributed by atoms with Crippen molar-refractivity contribution in [1.29, 1.82) is 0 Å². The molecule has 0 spiro atoms. The number of ether oxygens (including phenoxy) is 1. The van der Waals surface area contributed by atoms with Crippen LogP contribution in [0.5, 0.6) is 0 Å². The lowest BCUT2D eigenvalue weighted by Crippen LogP contribution is -2.26. The van der Waals surface area contributed by atoms with E-state index in [2.05, 4.69) is 16.6 Å². The Kier molecular flexibility index (Phi) is 6.46. The summed E-state index contributed by atoms with van der Waals surface area (Å²) in [4.78, 5) is 13.5. The van der Waals surface area contributed by atoms with Crippen LogP contribution in [0.2, 0.25) is 0 Å². The topological polar surface area (TPSA) is 29.5 Å². The Morgan fingerprint density at radius 3 is 2.88 bits per heavy atom. The van der Waals surface area contributed by atoms with E-state index in [0.717, 1.165) is 18.9 Å². The van der Waals surface area contributed by atoms with Gasteiger partial charge in [-0.2, -0.15) is 0 Å². The number of hydrogen-bond donors (Lipinski definition) is 0. The second-order valence-electron chi connectivity index (χ2n) is 4.73. The average molecular weight is 227 g/mol. The van der Waals surface area contributed by atoms with Gasteiger partial charge in [-0.3, -0.25) is 4.79 Å². The van der Waals surface area contributed by atoms with Gasteiger partial charge in [0.25, 0.3) is 0 Å². The van der Waals surface area contributed by atoms with Gasteiger partial charge in [-0.05, 0) is 51.2 Å². The van der Waals surface area contributed by atoms with Crippen molar-refractivity contribution in [3.8, 4) is 0 Å². The molecule has 1 rings (SSSR count). The molecule has 1 saturated heterocycles. The molecule has 0 bridgehead atoms. The molecule has 0 aromatic carbocycles. The molecule has 1 aliphatic rings. The van der Waals surface area contributed by atoms with Crippen LogP contribution in [0.4, 0.5) is 0 Å². The monoisotopic (exact) mass is 227 g/mol. The van der Waals surface area contributed by atoms with Crippen LogP contribution in [0, 0.1) is 5.92 Å². The molecule has 0 aromatic rings. The minimum absolute atomic E-state index is 0.0822. The largest absolute Gasteiger partial charge is 0.469 e. The Labute approximate surface area is 99.1 Å². The fraction of sp³-hybridized carbons (Fsp3) is 0.923. The predicted octanol–water partition coefficient (Wildman–Crippen LogP) is 2.45. The quantitative estimate of drug-likeness (QED) is 0.676. The van der Waals surface area contributed by atoms with Gasteiger partial charge in [-0.25, -0.2) is 0 Å². The highest BCUT2D eigenvalue weighted by Crippen LogP contribution is 2.20. The number of methoxy groups -OCH3 is 1. The lowest BCUT2D eigenvalue weighted by molar-refractivity contribution is -0.140. The van der Waals surface area contributed by atoms with Gasteiger partial charge in [0.15, 0.2) is 0 Å². The summed E-state index contributed by atoms with van der Waals surface area (Å²) in [5, 5.41) is 0. The highest BCUT2D eigenvalue weighted by Gasteiger charge is 2.15. The molecular weight excluding hydrogens is 202 g/mol. The van der Waals surface area contributed by atoms with Crippen LogP contribution in [0.15, 0.2) is 0 Å². The van der Waals surface area contributed by atoms with E-state index in [9.17, 15) is 4.79 Å². The van der Waals surface area contributed by atoms with Crippen molar-refractivity contribution in [3.63, 3.8) is 0 Å². The van der Waals surface area contributed by atoms with Crippen molar-refractivity contribution in [2.24, 2.45) is 5.92 Å². The number of carbonyl (C=O) groups excluding carboxylic acids is 1. The zero-order valence-corrected chi connectivity index (χ0v) is 10.7. The van der Waals surface area contributed by atoms with Gasteiger partial charge >= 0.3 is 5.97 Å². The number of esters is 1. The summed E-state index contributed by atoms with van der Waals surface area (Å²) in [7, 11) is 1.46. The first-order chi connectivity index (χ1) is 7.76. The van der Waals surface area contributed by atoms with E-state index in [1.54, 1.807) is 0 Å². The Bertz CT molecular complexity index is 206. The predicted molar refractivity (Wildman–Crippen MR) is 65.3 cm³/mol. The molecule has 94 valence electrons. The molecule has 3 nitrogen and oxygen atoms in total. The highest BCUT2D eigenvalue weighted by molar-refractivity contribution is 5.69. The fourth-order valence-corrected chi connectivity index (χ4v) is 2.41. The molecule has 16 heavy (non-hydrogen) atoms. The van der Waals surface area contributed by atoms with Crippen LogP contribution in [0.3, 0.4) is 0 Å². The van der Waals surface area contributed by atoms with Crippen LogP contribution < -0.4 is 0 Å². The molecular formula is C13H25NO2. The van der Waals surface area contributed by atoms with E-state index >= 15 is 0 Å². The van der Waals surface area contributed by atoms with Crippen molar-refractivity contribution in [1.82, 2.24) is 4.90 Å². The third kappa shape index (κ3) is 4.97. The molecule has 1 aliphatic heterocycles. The summed E-state index contributed by atoms with van der Waals surface area (Å²) in [5.74, 6) is 0.840. The number of nitrogens with zero attached hydrogens (tertiary/aromatic N) is 1. The molecule has 1 heterocycles. The van der Waals surface area contributed by atoms with Crippen molar-refractivity contribution in [3.05, 3.63) is 0 Å². The minimum Gasteiger partial charge on any atom is -0.469 e. The van der Waals surface area contributed by atoms with Crippen molar-refractivity contribution < 1.29 is 9.53 Å². The minimum atomic E-state index is -0.0822. The SMILES string of the molecule is CCC1CCCN(CCCC(=O)OC)CC1. The Morgan fingerprint density at radius 2 is 2.19 bits per heavy atom. The number of carbonyl (C=O) groups is 1. The van der Waals surface area contributed by atoms with Crippen LogP contribution in [0.1, 0.15) is 45.4 Å². The first-order valence-corrected chi connectivity index (χ1v) is 6.55. The Hall–Kier alpha value is -0.570. The van der Waals surface area contributed by atoms with E-state index in [0.29, 0.717) is 6.42 Å². The molecule has 1 fully saturated rings. The molecule has 0 aromatic heterocycles. The average Bonchev–Trinajstić information content (AvgIpc) is 2.54. The molecule has 0 radical (unpaired) electrons. The molecule has 1 unspecified atom stereocenters. The molecule has 3 heteroatoms. The summed E-state index contributed by atoms with van der Waals surface area (Å²) in [6.45, 7) is 5.75. The molecule has 0 saturated carbocycles. The van der Waals surface area contributed by atoms with Gasteiger partial charge in [-0.1, -0.05) is 13.3 Å². The normalized spacial score (nSPS) is 22.8. The van der Waals surface area contributed by atoms with Crippen molar-refractivity contribution in [2.45, 2.75) is 45.4 Å². The third-order valence-corrected chi connectivity index (χ3v) is 3.60. The summed E-state index contributed by atoms with van der Waals surface area (Å²) in [6.07, 6.45) is 6.83. The molecule has 1 atom stereocenters. The second-order valence-corrected chi connectivity index (χ2v) is 4.73. The first kappa shape index (κ1) is 13.5. The van der Waals surface area contributed by atoms with Gasteiger partial charge in [0.05, 0.1) is 7.11 Å². The van der Waals surface area contributed by atoms with Gasteiger partial charge in [0, 0.05) is 6.42 Å². The maximum Gasteiger partial charge on any atom is 0.305 e. The van der Waals surface area contributed by atoms with Crippen LogP contribution in [0.25, 0.3) is 0 Å². The van der Waals surface area contributed by atoms with Crippen LogP contribution in [-0.4, -0.2) is 37.6 Å². The fourth-order valence-electron chi connectivity index (χ4n) is 2.41. The number of rotatable bonds is 5. The van der Waals surface area contributed by atoms with Crippen LogP contribution in [-0.2, 0) is 9.53 Å². The zero-order chi connectivity index (χ0) is 11.8. The Morgan fingerprint density at radius 1 is 1.38 bits per heavy atom. The molecule has 0 amide bonds. The molecule has 0 N–H and O–H groups in total. The lowest BCUT2D eigenvalue weighted by atomic mass is 9.98. The smallest absolute Gasteiger partial charge is 0.305 e. The highest BCUT2D eigenvalue weighted by atomic mass is 16.5. The van der Waals surface area contributed by atoms with E-state index < -0.39 is 0 Å². The third-order valence-electron chi connectivity index (χ3n) is 3.60. The van der Waals surface area contributed by atoms with E-state index in [4.69, 9.17) is 0 Å².